The predicted octanol–water partition coefficient (Wildman–Crippen LogP) is 3.62. The van der Waals surface area contributed by atoms with Crippen LogP contribution in [0.4, 0.5) is 8.78 Å². The summed E-state index contributed by atoms with van der Waals surface area (Å²) in [6, 6.07) is 11.9. The lowest BCUT2D eigenvalue weighted by molar-refractivity contribution is -0.141. The normalized spacial score (nSPS) is 19.5. The lowest BCUT2D eigenvalue weighted by Crippen LogP contribution is -2.46. The highest BCUT2D eigenvalue weighted by atomic mass is 19.1. The van der Waals surface area contributed by atoms with Crippen LogP contribution in [0.3, 0.4) is 0 Å². The average molecular weight is 386 g/mol. The maximum Gasteiger partial charge on any atom is 0.225 e. The molecule has 3 rings (SSSR count). The van der Waals surface area contributed by atoms with Crippen molar-refractivity contribution in [1.82, 2.24) is 10.2 Å². The van der Waals surface area contributed by atoms with Gasteiger partial charge in [0, 0.05) is 20.0 Å². The Balaban J connectivity index is 1.61. The largest absolute Gasteiger partial charge is 0.356 e. The van der Waals surface area contributed by atoms with Gasteiger partial charge in [0.05, 0.1) is 12.0 Å². The van der Waals surface area contributed by atoms with Crippen molar-refractivity contribution in [3.8, 4) is 0 Å². The zero-order valence-electron chi connectivity index (χ0n) is 15.8. The molecular formula is C22H24F2N2O2. The Morgan fingerprint density at radius 3 is 2.61 bits per heavy atom. The second-order valence-corrected chi connectivity index (χ2v) is 7.17. The van der Waals surface area contributed by atoms with E-state index in [1.165, 1.54) is 24.3 Å². The molecule has 4 nitrogen and oxygen atoms in total. The van der Waals surface area contributed by atoms with Gasteiger partial charge in [0.25, 0.3) is 0 Å². The van der Waals surface area contributed by atoms with E-state index in [0.29, 0.717) is 24.9 Å². The Kier molecular flexibility index (Phi) is 6.39. The van der Waals surface area contributed by atoms with Crippen molar-refractivity contribution < 1.29 is 18.4 Å². The Morgan fingerprint density at radius 2 is 1.89 bits per heavy atom. The molecule has 1 saturated heterocycles. The number of hydrogen-bond acceptors (Lipinski definition) is 2. The highest BCUT2D eigenvalue weighted by Gasteiger charge is 2.38. The van der Waals surface area contributed by atoms with Gasteiger partial charge in [-0.3, -0.25) is 9.59 Å². The summed E-state index contributed by atoms with van der Waals surface area (Å²) < 4.78 is 26.6. The summed E-state index contributed by atoms with van der Waals surface area (Å²) >= 11 is 0. The number of benzene rings is 2. The number of nitrogens with one attached hydrogen (secondary N) is 1. The summed E-state index contributed by atoms with van der Waals surface area (Å²) in [6.45, 7) is 0.486. The molecule has 0 saturated carbocycles. The summed E-state index contributed by atoms with van der Waals surface area (Å²) in [6.07, 6.45) is 2.20. The van der Waals surface area contributed by atoms with E-state index in [1.807, 2.05) is 0 Å². The number of nitrogens with zero attached hydrogens (tertiary/aromatic N) is 1. The smallest absolute Gasteiger partial charge is 0.225 e. The van der Waals surface area contributed by atoms with E-state index < -0.39 is 12.0 Å². The molecule has 0 unspecified atom stereocenters. The van der Waals surface area contributed by atoms with Crippen molar-refractivity contribution in [2.75, 3.05) is 13.6 Å². The summed E-state index contributed by atoms with van der Waals surface area (Å²) in [4.78, 5) is 26.5. The van der Waals surface area contributed by atoms with Crippen LogP contribution in [0.15, 0.2) is 48.5 Å². The molecule has 0 aliphatic carbocycles. The molecule has 1 fully saturated rings. The third-order valence-corrected chi connectivity index (χ3v) is 5.24. The first-order valence-electron chi connectivity index (χ1n) is 9.49. The topological polar surface area (TPSA) is 49.4 Å². The quantitative estimate of drug-likeness (QED) is 0.771. The van der Waals surface area contributed by atoms with E-state index >= 15 is 0 Å². The second kappa shape index (κ2) is 8.95. The van der Waals surface area contributed by atoms with Crippen molar-refractivity contribution in [3.05, 3.63) is 71.3 Å². The molecule has 0 radical (unpaired) electrons. The van der Waals surface area contributed by atoms with Crippen LogP contribution < -0.4 is 5.32 Å². The van der Waals surface area contributed by atoms with Crippen molar-refractivity contribution in [2.45, 2.75) is 31.7 Å². The van der Waals surface area contributed by atoms with Crippen LogP contribution in [0.1, 0.15) is 36.4 Å². The van der Waals surface area contributed by atoms with Crippen LogP contribution in [-0.4, -0.2) is 30.3 Å². The molecule has 1 heterocycles. The SMILES string of the molecule is CN1C(=O)CC[C@H](C(=O)NCCCc2ccc(F)cc2)[C@@H]1c1cccc(F)c1. The molecule has 1 aliphatic rings. The van der Waals surface area contributed by atoms with Crippen molar-refractivity contribution in [2.24, 2.45) is 5.92 Å². The number of aryl methyl sites for hydroxylation is 1. The standard InChI is InChI=1S/C22H24F2N2O2/c1-26-20(27)12-11-19(21(26)16-5-2-6-18(24)14-16)22(28)25-13-3-4-15-7-9-17(23)10-8-15/h2,5-10,14,19,21H,3-4,11-13H2,1H3,(H,25,28)/t19-,21-/m0/s1. The minimum atomic E-state index is -0.478. The Labute approximate surface area is 163 Å². The van der Waals surface area contributed by atoms with Gasteiger partial charge >= 0.3 is 0 Å². The molecule has 1 N–H and O–H groups in total. The van der Waals surface area contributed by atoms with Crippen molar-refractivity contribution >= 4 is 11.8 Å². The summed E-state index contributed by atoms with van der Waals surface area (Å²) in [5.41, 5.74) is 1.64. The summed E-state index contributed by atoms with van der Waals surface area (Å²) in [7, 11) is 1.66. The van der Waals surface area contributed by atoms with Gasteiger partial charge in [-0.15, -0.1) is 0 Å². The van der Waals surface area contributed by atoms with Gasteiger partial charge in [-0.05, 0) is 54.7 Å². The lowest BCUT2D eigenvalue weighted by atomic mass is 9.84. The fraction of sp³-hybridized carbons (Fsp3) is 0.364. The zero-order chi connectivity index (χ0) is 20.1. The number of rotatable bonds is 6. The fourth-order valence-corrected chi connectivity index (χ4v) is 3.75. The van der Waals surface area contributed by atoms with Crippen LogP contribution in [0.2, 0.25) is 0 Å². The van der Waals surface area contributed by atoms with Gasteiger partial charge in [-0.2, -0.15) is 0 Å². The first-order valence-corrected chi connectivity index (χ1v) is 9.49. The van der Waals surface area contributed by atoms with E-state index in [-0.39, 0.29) is 23.4 Å². The first kappa shape index (κ1) is 20.0. The van der Waals surface area contributed by atoms with Crippen LogP contribution in [0.25, 0.3) is 0 Å². The van der Waals surface area contributed by atoms with Crippen LogP contribution in [-0.2, 0) is 16.0 Å². The number of likely N-dealkylation sites (tertiary alicyclic amines) is 1. The molecule has 2 atom stereocenters. The highest BCUT2D eigenvalue weighted by Crippen LogP contribution is 2.36. The van der Waals surface area contributed by atoms with E-state index in [0.717, 1.165) is 18.4 Å². The highest BCUT2D eigenvalue weighted by molar-refractivity contribution is 5.84. The summed E-state index contributed by atoms with van der Waals surface area (Å²) in [5, 5.41) is 2.94. The van der Waals surface area contributed by atoms with Crippen LogP contribution in [0, 0.1) is 17.6 Å². The predicted molar refractivity (Wildman–Crippen MR) is 102 cm³/mol. The third-order valence-electron chi connectivity index (χ3n) is 5.24. The monoisotopic (exact) mass is 386 g/mol. The van der Waals surface area contributed by atoms with E-state index in [2.05, 4.69) is 5.32 Å². The molecule has 0 spiro atoms. The third kappa shape index (κ3) is 4.74. The number of carbonyl (C=O) groups is 2. The number of halogens is 2. The van der Waals surface area contributed by atoms with Gasteiger partial charge in [-0.25, -0.2) is 8.78 Å². The van der Waals surface area contributed by atoms with E-state index in [9.17, 15) is 18.4 Å². The Hall–Kier alpha value is -2.76. The number of hydrogen-bond donors (Lipinski definition) is 1. The lowest BCUT2D eigenvalue weighted by Gasteiger charge is -2.38. The minimum Gasteiger partial charge on any atom is -0.356 e. The number of carbonyl (C=O) groups excluding carboxylic acids is 2. The Bertz CT molecular complexity index is 839. The molecule has 0 bridgehead atoms. The van der Waals surface area contributed by atoms with Gasteiger partial charge in [0.15, 0.2) is 0 Å². The first-order chi connectivity index (χ1) is 13.5. The van der Waals surface area contributed by atoms with Crippen LogP contribution in [0.5, 0.6) is 0 Å². The molecule has 2 amide bonds. The number of piperidine rings is 1. The maximum atomic E-state index is 13.7. The number of amides is 2. The molecule has 2 aromatic carbocycles. The van der Waals surface area contributed by atoms with Gasteiger partial charge in [0.2, 0.25) is 11.8 Å². The fourth-order valence-electron chi connectivity index (χ4n) is 3.75. The molecule has 6 heteroatoms. The van der Waals surface area contributed by atoms with Crippen LogP contribution >= 0.6 is 0 Å². The van der Waals surface area contributed by atoms with Crippen molar-refractivity contribution in [1.29, 1.82) is 0 Å². The molecular weight excluding hydrogens is 362 g/mol. The zero-order valence-corrected chi connectivity index (χ0v) is 15.8. The molecule has 148 valence electrons. The summed E-state index contributed by atoms with van der Waals surface area (Å²) in [5.74, 6) is -1.25. The molecule has 0 aromatic heterocycles. The second-order valence-electron chi connectivity index (χ2n) is 7.17. The maximum absolute atomic E-state index is 13.7. The minimum absolute atomic E-state index is 0.0466. The van der Waals surface area contributed by atoms with E-state index in [1.54, 1.807) is 36.2 Å². The average Bonchev–Trinajstić information content (AvgIpc) is 2.68. The van der Waals surface area contributed by atoms with E-state index in [4.69, 9.17) is 0 Å². The molecule has 28 heavy (non-hydrogen) atoms. The van der Waals surface area contributed by atoms with Gasteiger partial charge < -0.3 is 10.2 Å². The van der Waals surface area contributed by atoms with Gasteiger partial charge in [0.1, 0.15) is 11.6 Å². The molecule has 2 aromatic rings. The van der Waals surface area contributed by atoms with Crippen molar-refractivity contribution in [3.63, 3.8) is 0 Å². The van der Waals surface area contributed by atoms with Gasteiger partial charge in [-0.1, -0.05) is 24.3 Å². The molecule has 1 aliphatic heterocycles. The Morgan fingerprint density at radius 1 is 1.14 bits per heavy atom.